The van der Waals surface area contributed by atoms with Gasteiger partial charge in [0.05, 0.1) is 10.7 Å². The second kappa shape index (κ2) is 6.26. The third kappa shape index (κ3) is 3.60. The van der Waals surface area contributed by atoms with E-state index in [2.05, 4.69) is 15.5 Å². The normalized spacial score (nSPS) is 14.1. The van der Waals surface area contributed by atoms with Crippen LogP contribution in [0.3, 0.4) is 0 Å². The van der Waals surface area contributed by atoms with Crippen LogP contribution in [0.25, 0.3) is 6.08 Å². The number of aliphatic carboxylic acids is 1. The molecule has 0 aliphatic heterocycles. The zero-order valence-corrected chi connectivity index (χ0v) is 12.8. The summed E-state index contributed by atoms with van der Waals surface area (Å²) in [5.41, 5.74) is 2.31. The predicted octanol–water partition coefficient (Wildman–Crippen LogP) is 3.29. The fraction of sp³-hybridized carbons (Fsp3) is 0.188. The van der Waals surface area contributed by atoms with Gasteiger partial charge in [-0.15, -0.1) is 0 Å². The van der Waals surface area contributed by atoms with Crippen LogP contribution in [0.1, 0.15) is 40.5 Å². The molecule has 1 saturated carbocycles. The van der Waals surface area contributed by atoms with Gasteiger partial charge < -0.3 is 10.4 Å². The molecule has 2 aromatic rings. The van der Waals surface area contributed by atoms with Crippen LogP contribution < -0.4 is 5.32 Å². The number of benzene rings is 1. The van der Waals surface area contributed by atoms with Crippen LogP contribution in [0.5, 0.6) is 0 Å². The summed E-state index contributed by atoms with van der Waals surface area (Å²) in [6.07, 6.45) is 4.65. The van der Waals surface area contributed by atoms with Gasteiger partial charge in [-0.3, -0.25) is 9.89 Å². The number of aromatic amines is 1. The van der Waals surface area contributed by atoms with Crippen molar-refractivity contribution < 1.29 is 14.7 Å². The van der Waals surface area contributed by atoms with Crippen molar-refractivity contribution in [2.75, 3.05) is 5.32 Å². The molecule has 23 heavy (non-hydrogen) atoms. The molecule has 0 bridgehead atoms. The highest BCUT2D eigenvalue weighted by Crippen LogP contribution is 2.42. The van der Waals surface area contributed by atoms with Gasteiger partial charge in [-0.2, -0.15) is 5.10 Å². The molecular weight excluding hydrogens is 318 g/mol. The van der Waals surface area contributed by atoms with Crippen molar-refractivity contribution in [1.82, 2.24) is 10.2 Å². The summed E-state index contributed by atoms with van der Waals surface area (Å²) in [6.45, 7) is 0. The smallest absolute Gasteiger partial charge is 0.328 e. The molecule has 0 atom stereocenters. The van der Waals surface area contributed by atoms with Gasteiger partial charge in [-0.25, -0.2) is 4.79 Å². The number of nitrogens with zero attached hydrogens (tertiary/aromatic N) is 1. The van der Waals surface area contributed by atoms with E-state index < -0.39 is 5.97 Å². The van der Waals surface area contributed by atoms with E-state index in [9.17, 15) is 9.59 Å². The maximum Gasteiger partial charge on any atom is 0.328 e. The lowest BCUT2D eigenvalue weighted by Crippen LogP contribution is -2.12. The minimum Gasteiger partial charge on any atom is -0.478 e. The maximum absolute atomic E-state index is 12.2. The molecule has 0 unspecified atom stereocenters. The van der Waals surface area contributed by atoms with Crippen LogP contribution in [0, 0.1) is 0 Å². The molecule has 1 aliphatic carbocycles. The number of anilines is 1. The minimum atomic E-state index is -1.01. The average Bonchev–Trinajstić information content (AvgIpc) is 3.29. The first-order valence-electron chi connectivity index (χ1n) is 7.11. The van der Waals surface area contributed by atoms with Crippen LogP contribution in [0.4, 0.5) is 5.69 Å². The fourth-order valence-electron chi connectivity index (χ4n) is 2.17. The minimum absolute atomic E-state index is 0.184. The summed E-state index contributed by atoms with van der Waals surface area (Å²) in [4.78, 5) is 22.7. The number of carboxylic acids is 1. The van der Waals surface area contributed by atoms with E-state index in [-0.39, 0.29) is 11.6 Å². The second-order valence-electron chi connectivity index (χ2n) is 5.32. The highest BCUT2D eigenvalue weighted by Gasteiger charge is 2.30. The number of carbonyl (C=O) groups excluding carboxylic acids is 1. The first-order valence-corrected chi connectivity index (χ1v) is 7.48. The van der Waals surface area contributed by atoms with E-state index in [1.807, 2.05) is 0 Å². The SMILES string of the molecule is O=C(O)C=Cc1ccc(NC(=O)c2n[nH]c(C3CC3)c2Cl)cc1. The van der Waals surface area contributed by atoms with Crippen molar-refractivity contribution in [3.05, 3.63) is 52.3 Å². The number of nitrogens with one attached hydrogen (secondary N) is 2. The van der Waals surface area contributed by atoms with Crippen molar-refractivity contribution in [2.24, 2.45) is 0 Å². The van der Waals surface area contributed by atoms with Crippen LogP contribution in [-0.2, 0) is 4.79 Å². The molecule has 1 fully saturated rings. The standard InChI is InChI=1S/C16H14ClN3O3/c17-13-14(10-4-5-10)19-20-15(13)16(23)18-11-6-1-9(2-7-11)3-8-12(21)22/h1-3,6-8,10H,4-5H2,(H,18,23)(H,19,20)(H,21,22). The quantitative estimate of drug-likeness (QED) is 0.732. The van der Waals surface area contributed by atoms with E-state index in [1.165, 1.54) is 6.08 Å². The molecular formula is C16H14ClN3O3. The number of carboxylic acid groups (broad SMARTS) is 1. The molecule has 1 heterocycles. The van der Waals surface area contributed by atoms with Gasteiger partial charge in [-0.05, 0) is 36.6 Å². The van der Waals surface area contributed by atoms with Crippen molar-refractivity contribution in [2.45, 2.75) is 18.8 Å². The van der Waals surface area contributed by atoms with Crippen molar-refractivity contribution in [3.8, 4) is 0 Å². The van der Waals surface area contributed by atoms with Crippen LogP contribution >= 0.6 is 11.6 Å². The molecule has 0 radical (unpaired) electrons. The summed E-state index contributed by atoms with van der Waals surface area (Å²) in [6, 6.07) is 6.78. The Morgan fingerprint density at radius 3 is 2.61 bits per heavy atom. The third-order valence-electron chi connectivity index (χ3n) is 3.52. The predicted molar refractivity (Wildman–Crippen MR) is 86.6 cm³/mol. The zero-order chi connectivity index (χ0) is 16.4. The molecule has 1 aromatic carbocycles. The fourth-order valence-corrected chi connectivity index (χ4v) is 2.49. The molecule has 0 saturated heterocycles. The highest BCUT2D eigenvalue weighted by atomic mass is 35.5. The van der Waals surface area contributed by atoms with Gasteiger partial charge in [-0.1, -0.05) is 23.7 Å². The van der Waals surface area contributed by atoms with E-state index >= 15 is 0 Å². The Hall–Kier alpha value is -2.60. The Morgan fingerprint density at radius 1 is 1.30 bits per heavy atom. The topological polar surface area (TPSA) is 95.1 Å². The van der Waals surface area contributed by atoms with Crippen molar-refractivity contribution >= 4 is 35.2 Å². The Labute approximate surface area is 137 Å². The molecule has 3 rings (SSSR count). The lowest BCUT2D eigenvalue weighted by Gasteiger charge is -2.04. The molecule has 1 amide bonds. The third-order valence-corrected chi connectivity index (χ3v) is 3.90. The zero-order valence-electron chi connectivity index (χ0n) is 12.0. The van der Waals surface area contributed by atoms with E-state index in [0.29, 0.717) is 16.6 Å². The summed E-state index contributed by atoms with van der Waals surface area (Å²) < 4.78 is 0. The molecule has 118 valence electrons. The molecule has 7 heteroatoms. The van der Waals surface area contributed by atoms with Gasteiger partial charge >= 0.3 is 5.97 Å². The Kier molecular flexibility index (Phi) is 4.16. The number of hydrogen-bond acceptors (Lipinski definition) is 3. The van der Waals surface area contributed by atoms with Crippen LogP contribution in [0.15, 0.2) is 30.3 Å². The lowest BCUT2D eigenvalue weighted by atomic mass is 10.2. The van der Waals surface area contributed by atoms with Gasteiger partial charge in [0, 0.05) is 17.7 Å². The van der Waals surface area contributed by atoms with E-state index in [4.69, 9.17) is 16.7 Å². The van der Waals surface area contributed by atoms with Crippen molar-refractivity contribution in [3.63, 3.8) is 0 Å². The number of amides is 1. The van der Waals surface area contributed by atoms with Gasteiger partial charge in [0.25, 0.3) is 5.91 Å². The summed E-state index contributed by atoms with van der Waals surface area (Å²) >= 11 is 6.20. The molecule has 3 N–H and O–H groups in total. The highest BCUT2D eigenvalue weighted by molar-refractivity contribution is 6.34. The number of H-pyrrole nitrogens is 1. The summed E-state index contributed by atoms with van der Waals surface area (Å²) in [5.74, 6) is -1.01. The number of rotatable bonds is 5. The van der Waals surface area contributed by atoms with E-state index in [0.717, 1.165) is 30.2 Å². The van der Waals surface area contributed by atoms with E-state index in [1.54, 1.807) is 24.3 Å². The second-order valence-corrected chi connectivity index (χ2v) is 5.70. The van der Waals surface area contributed by atoms with Crippen LogP contribution in [-0.4, -0.2) is 27.2 Å². The Bertz CT molecular complexity index is 776. The number of halogens is 1. The van der Waals surface area contributed by atoms with Gasteiger partial charge in [0.1, 0.15) is 0 Å². The Balaban J connectivity index is 1.69. The summed E-state index contributed by atoms with van der Waals surface area (Å²) in [5, 5.41) is 18.5. The summed E-state index contributed by atoms with van der Waals surface area (Å²) in [7, 11) is 0. The molecule has 1 aromatic heterocycles. The van der Waals surface area contributed by atoms with Gasteiger partial charge in [0.15, 0.2) is 5.69 Å². The molecule has 0 spiro atoms. The average molecular weight is 332 g/mol. The first-order chi connectivity index (χ1) is 11.0. The molecule has 1 aliphatic rings. The van der Waals surface area contributed by atoms with Gasteiger partial charge in [0.2, 0.25) is 0 Å². The lowest BCUT2D eigenvalue weighted by molar-refractivity contribution is -0.131. The largest absolute Gasteiger partial charge is 0.478 e. The number of aromatic nitrogens is 2. The Morgan fingerprint density at radius 2 is 2.00 bits per heavy atom. The maximum atomic E-state index is 12.2. The molecule has 6 nitrogen and oxygen atoms in total. The first kappa shape index (κ1) is 15.3. The number of hydrogen-bond donors (Lipinski definition) is 3. The number of carbonyl (C=O) groups is 2. The van der Waals surface area contributed by atoms with Crippen molar-refractivity contribution in [1.29, 1.82) is 0 Å². The monoisotopic (exact) mass is 331 g/mol. The van der Waals surface area contributed by atoms with Crippen LogP contribution in [0.2, 0.25) is 5.02 Å².